The highest BCUT2D eigenvalue weighted by Crippen LogP contribution is 1.84. The number of hydroxylamine groups is 3. The molecule has 0 saturated carbocycles. The first kappa shape index (κ1) is 6.58. The molecule has 7 heavy (non-hydrogen) atoms. The topological polar surface area (TPSA) is 60.7 Å². The summed E-state index contributed by atoms with van der Waals surface area (Å²) in [7, 11) is 0. The summed E-state index contributed by atoms with van der Waals surface area (Å²) in [5.41, 5.74) is 0. The van der Waals surface area contributed by atoms with Crippen LogP contribution in [0.25, 0.3) is 0 Å². The van der Waals surface area contributed by atoms with Gasteiger partial charge in [0.15, 0.2) is 6.54 Å². The standard InChI is InChI=1S/C3H8NO3/c1-2-3-4(5,6)7/h2,5-7H,1,3H2/q+1. The Morgan fingerprint density at radius 1 is 1.43 bits per heavy atom. The van der Waals surface area contributed by atoms with Gasteiger partial charge in [0, 0.05) is 0 Å². The molecule has 0 radical (unpaired) electrons. The molecule has 0 aliphatic rings. The summed E-state index contributed by atoms with van der Waals surface area (Å²) in [5.74, 6) is 0. The molecule has 0 amide bonds. The summed E-state index contributed by atoms with van der Waals surface area (Å²) in [6.45, 7) is 2.86. The van der Waals surface area contributed by atoms with Gasteiger partial charge in [0.25, 0.3) is 0 Å². The molecule has 0 heterocycles. The first-order chi connectivity index (χ1) is 3.06. The van der Waals surface area contributed by atoms with Crippen molar-refractivity contribution in [2.45, 2.75) is 0 Å². The maximum absolute atomic E-state index is 8.00. The Morgan fingerprint density at radius 2 is 1.86 bits per heavy atom. The maximum Gasteiger partial charge on any atom is 0.195 e. The van der Waals surface area contributed by atoms with Crippen molar-refractivity contribution in [3.05, 3.63) is 12.7 Å². The lowest BCUT2D eigenvalue weighted by Crippen LogP contribution is -2.36. The number of hydrogen-bond donors (Lipinski definition) is 3. The molecule has 0 spiro atoms. The van der Waals surface area contributed by atoms with Gasteiger partial charge >= 0.3 is 0 Å². The Labute approximate surface area is 41.0 Å². The van der Waals surface area contributed by atoms with Crippen LogP contribution in [-0.2, 0) is 0 Å². The van der Waals surface area contributed by atoms with Crippen molar-refractivity contribution in [3.8, 4) is 0 Å². The predicted octanol–water partition coefficient (Wildman–Crippen LogP) is 0.157. The van der Waals surface area contributed by atoms with Gasteiger partial charge in [0.1, 0.15) is 0 Å². The fourth-order valence-electron chi connectivity index (χ4n) is 0.173. The number of rotatable bonds is 2. The van der Waals surface area contributed by atoms with Crippen molar-refractivity contribution in [2.75, 3.05) is 6.54 Å². The lowest BCUT2D eigenvalue weighted by molar-refractivity contribution is -1.36. The van der Waals surface area contributed by atoms with Gasteiger partial charge in [0.05, 0.1) is 4.97 Å². The summed E-state index contributed by atoms with van der Waals surface area (Å²) >= 11 is 0. The summed E-state index contributed by atoms with van der Waals surface area (Å²) in [6.07, 6.45) is 1.18. The largest absolute Gasteiger partial charge is 0.195 e. The molecular formula is C3H8NO3+. The van der Waals surface area contributed by atoms with Crippen LogP contribution in [0.4, 0.5) is 0 Å². The van der Waals surface area contributed by atoms with E-state index in [-0.39, 0.29) is 6.54 Å². The first-order valence-electron chi connectivity index (χ1n) is 1.73. The van der Waals surface area contributed by atoms with Crippen molar-refractivity contribution in [1.29, 1.82) is 0 Å². The normalized spacial score (nSPS) is 11.3. The minimum atomic E-state index is -2.02. The first-order valence-corrected chi connectivity index (χ1v) is 1.73. The Bertz CT molecular complexity index is 65.1. The van der Waals surface area contributed by atoms with E-state index in [4.69, 9.17) is 15.6 Å². The number of nitrogens with zero attached hydrogens (tertiary/aromatic N) is 1. The molecular weight excluding hydrogens is 98.0 g/mol. The van der Waals surface area contributed by atoms with Gasteiger partial charge in [-0.2, -0.15) is 0 Å². The molecule has 0 aromatic carbocycles. The van der Waals surface area contributed by atoms with Gasteiger partial charge in [-0.15, -0.1) is 15.6 Å². The van der Waals surface area contributed by atoms with Gasteiger partial charge in [-0.05, 0) is 6.08 Å². The van der Waals surface area contributed by atoms with Gasteiger partial charge < -0.3 is 0 Å². The highest BCUT2D eigenvalue weighted by atomic mass is 17.1. The van der Waals surface area contributed by atoms with E-state index in [1.807, 2.05) is 0 Å². The van der Waals surface area contributed by atoms with Crippen LogP contribution in [0.3, 0.4) is 0 Å². The van der Waals surface area contributed by atoms with Crippen LogP contribution >= 0.6 is 0 Å². The van der Waals surface area contributed by atoms with Crippen molar-refractivity contribution in [3.63, 3.8) is 0 Å². The molecule has 4 heteroatoms. The summed E-state index contributed by atoms with van der Waals surface area (Å²) < 4.78 is 0. The van der Waals surface area contributed by atoms with E-state index in [9.17, 15) is 0 Å². The molecule has 0 atom stereocenters. The Hall–Kier alpha value is -0.420. The molecule has 0 saturated heterocycles. The third-order valence-corrected chi connectivity index (χ3v) is 0.374. The molecule has 0 fully saturated rings. The third-order valence-electron chi connectivity index (χ3n) is 0.374. The van der Waals surface area contributed by atoms with Crippen LogP contribution in [0.5, 0.6) is 0 Å². The molecule has 0 rings (SSSR count). The van der Waals surface area contributed by atoms with Gasteiger partial charge in [0.2, 0.25) is 0 Å². The van der Waals surface area contributed by atoms with Crippen LogP contribution < -0.4 is 0 Å². The molecule has 0 aliphatic heterocycles. The highest BCUT2D eigenvalue weighted by Gasteiger charge is 2.13. The average molecular weight is 106 g/mol. The summed E-state index contributed by atoms with van der Waals surface area (Å²) in [5, 5.41) is 24.0. The third kappa shape index (κ3) is 5.58. The monoisotopic (exact) mass is 106 g/mol. The number of hydrogen-bond acceptors (Lipinski definition) is 3. The Morgan fingerprint density at radius 3 is 1.86 bits per heavy atom. The molecule has 0 aromatic rings. The van der Waals surface area contributed by atoms with Crippen LogP contribution in [-0.4, -0.2) is 27.1 Å². The van der Waals surface area contributed by atoms with E-state index >= 15 is 0 Å². The second kappa shape index (κ2) is 2.04. The fourth-order valence-corrected chi connectivity index (χ4v) is 0.173. The Balaban J connectivity index is 3.34. The SMILES string of the molecule is C=CC[N+](O)(O)O. The Kier molecular flexibility index (Phi) is 1.91. The van der Waals surface area contributed by atoms with Crippen molar-refractivity contribution >= 4 is 0 Å². The molecule has 42 valence electrons. The van der Waals surface area contributed by atoms with Crippen LogP contribution in [0, 0.1) is 0 Å². The van der Waals surface area contributed by atoms with E-state index in [0.29, 0.717) is 0 Å². The van der Waals surface area contributed by atoms with Crippen molar-refractivity contribution in [1.82, 2.24) is 0 Å². The van der Waals surface area contributed by atoms with Crippen molar-refractivity contribution in [2.24, 2.45) is 0 Å². The lowest BCUT2D eigenvalue weighted by atomic mass is 10.6. The lowest BCUT2D eigenvalue weighted by Gasteiger charge is -2.06. The summed E-state index contributed by atoms with van der Waals surface area (Å²) in [4.78, 5) is -2.02. The quantitative estimate of drug-likeness (QED) is 0.267. The van der Waals surface area contributed by atoms with E-state index < -0.39 is 4.97 Å². The zero-order valence-corrected chi connectivity index (χ0v) is 3.78. The van der Waals surface area contributed by atoms with E-state index in [1.165, 1.54) is 6.08 Å². The molecule has 0 aliphatic carbocycles. The second-order valence-electron chi connectivity index (χ2n) is 1.16. The average Bonchev–Trinajstić information content (AvgIpc) is 1.30. The zero-order valence-electron chi connectivity index (χ0n) is 3.78. The minimum absolute atomic E-state index is 0.292. The van der Waals surface area contributed by atoms with Crippen LogP contribution in [0.15, 0.2) is 12.7 Å². The molecule has 0 aromatic heterocycles. The highest BCUT2D eigenvalue weighted by molar-refractivity contribution is 4.61. The zero-order chi connectivity index (χ0) is 5.91. The van der Waals surface area contributed by atoms with Gasteiger partial charge in [-0.25, -0.2) is 0 Å². The van der Waals surface area contributed by atoms with Gasteiger partial charge in [-0.3, -0.25) is 0 Å². The fraction of sp³-hybridized carbons (Fsp3) is 0.333. The van der Waals surface area contributed by atoms with Crippen LogP contribution in [0.2, 0.25) is 0 Å². The molecule has 0 bridgehead atoms. The predicted molar refractivity (Wildman–Crippen MR) is 20.7 cm³/mol. The molecule has 4 nitrogen and oxygen atoms in total. The van der Waals surface area contributed by atoms with Crippen molar-refractivity contribution < 1.29 is 20.6 Å². The second-order valence-corrected chi connectivity index (χ2v) is 1.16. The number of quaternary nitrogens is 1. The minimum Gasteiger partial charge on any atom is -0.146 e. The van der Waals surface area contributed by atoms with E-state index in [0.717, 1.165) is 0 Å². The summed E-state index contributed by atoms with van der Waals surface area (Å²) in [6, 6.07) is 0. The van der Waals surface area contributed by atoms with Gasteiger partial charge in [-0.1, -0.05) is 6.58 Å². The molecule has 3 N–H and O–H groups in total. The van der Waals surface area contributed by atoms with Crippen LogP contribution in [0.1, 0.15) is 0 Å². The van der Waals surface area contributed by atoms with E-state index in [1.54, 1.807) is 0 Å². The smallest absolute Gasteiger partial charge is 0.146 e. The van der Waals surface area contributed by atoms with E-state index in [2.05, 4.69) is 6.58 Å². The maximum atomic E-state index is 8.00. The molecule has 0 unspecified atom stereocenters.